The third kappa shape index (κ3) is 1.92. The van der Waals surface area contributed by atoms with E-state index in [-0.39, 0.29) is 6.42 Å². The summed E-state index contributed by atoms with van der Waals surface area (Å²) in [6.07, 6.45) is -0.227. The molecule has 0 amide bonds. The summed E-state index contributed by atoms with van der Waals surface area (Å²) in [5.74, 6) is -8.64. The van der Waals surface area contributed by atoms with Crippen LogP contribution in [0.15, 0.2) is 0 Å². The van der Waals surface area contributed by atoms with E-state index in [1.807, 2.05) is 0 Å². The number of aliphatic carboxylic acids is 1. The molecule has 0 fully saturated rings. The van der Waals surface area contributed by atoms with Crippen LogP contribution in [0, 0.1) is 0 Å². The van der Waals surface area contributed by atoms with Gasteiger partial charge >= 0.3 is 11.8 Å². The lowest BCUT2D eigenvalue weighted by molar-refractivity contribution is -0.345. The van der Waals surface area contributed by atoms with Crippen LogP contribution in [0.1, 0.15) is 19.8 Å². The highest BCUT2D eigenvalue weighted by atomic mass is 16.6. The van der Waals surface area contributed by atoms with Crippen LogP contribution in [0.25, 0.3) is 0 Å². The molecule has 5 N–H and O–H groups in total. The Balaban J connectivity index is 4.62. The molecule has 0 aliphatic carbocycles. The van der Waals surface area contributed by atoms with Crippen molar-refractivity contribution < 1.29 is 30.3 Å². The lowest BCUT2D eigenvalue weighted by Gasteiger charge is -2.30. The van der Waals surface area contributed by atoms with Crippen LogP contribution in [0.3, 0.4) is 0 Å². The second-order valence-corrected chi connectivity index (χ2v) is 2.54. The number of carbonyl (C=O) groups is 1. The van der Waals surface area contributed by atoms with Crippen molar-refractivity contribution in [3.63, 3.8) is 0 Å². The van der Waals surface area contributed by atoms with Gasteiger partial charge in [-0.2, -0.15) is 0 Å². The maximum Gasteiger partial charge on any atom is 0.370 e. The first-order valence-electron chi connectivity index (χ1n) is 3.38. The average molecular weight is 180 g/mol. The lowest BCUT2D eigenvalue weighted by Crippen LogP contribution is -2.59. The molecule has 6 heteroatoms. The van der Waals surface area contributed by atoms with Crippen LogP contribution < -0.4 is 0 Å². The maximum absolute atomic E-state index is 10.1. The highest BCUT2D eigenvalue weighted by molar-refractivity contribution is 5.76. The predicted octanol–water partition coefficient (Wildman–Crippen LogP) is -1.77. The zero-order chi connectivity index (χ0) is 9.99. The number of hydrogen-bond donors (Lipinski definition) is 5. The third-order valence-corrected chi connectivity index (χ3v) is 1.46. The SMILES string of the molecule is CCCC(O)(O)C(O)(O)C(=O)O. The van der Waals surface area contributed by atoms with Crippen molar-refractivity contribution in [1.29, 1.82) is 0 Å². The van der Waals surface area contributed by atoms with Gasteiger partial charge < -0.3 is 25.5 Å². The van der Waals surface area contributed by atoms with Gasteiger partial charge in [-0.05, 0) is 0 Å². The van der Waals surface area contributed by atoms with Crippen molar-refractivity contribution >= 4 is 5.97 Å². The Morgan fingerprint density at radius 3 is 1.92 bits per heavy atom. The molecule has 0 unspecified atom stereocenters. The van der Waals surface area contributed by atoms with E-state index in [2.05, 4.69) is 0 Å². The van der Waals surface area contributed by atoms with Gasteiger partial charge in [0.1, 0.15) is 0 Å². The molecular weight excluding hydrogens is 168 g/mol. The van der Waals surface area contributed by atoms with Crippen molar-refractivity contribution in [1.82, 2.24) is 0 Å². The van der Waals surface area contributed by atoms with Gasteiger partial charge in [0.05, 0.1) is 0 Å². The van der Waals surface area contributed by atoms with E-state index in [4.69, 9.17) is 25.5 Å². The van der Waals surface area contributed by atoms with Gasteiger partial charge in [-0.15, -0.1) is 0 Å². The van der Waals surface area contributed by atoms with Crippen LogP contribution in [0.2, 0.25) is 0 Å². The first-order chi connectivity index (χ1) is 5.25. The second kappa shape index (κ2) is 3.36. The molecule has 0 aromatic carbocycles. The Morgan fingerprint density at radius 2 is 1.67 bits per heavy atom. The molecule has 0 aromatic rings. The fourth-order valence-corrected chi connectivity index (χ4v) is 0.694. The summed E-state index contributed by atoms with van der Waals surface area (Å²) in [6, 6.07) is 0. The summed E-state index contributed by atoms with van der Waals surface area (Å²) in [6.45, 7) is 1.54. The topological polar surface area (TPSA) is 118 Å². The fraction of sp³-hybridized carbons (Fsp3) is 0.833. The summed E-state index contributed by atoms with van der Waals surface area (Å²) in [5.41, 5.74) is 0. The zero-order valence-corrected chi connectivity index (χ0v) is 6.56. The van der Waals surface area contributed by atoms with Crippen molar-refractivity contribution in [2.75, 3.05) is 0 Å². The summed E-state index contributed by atoms with van der Waals surface area (Å²) < 4.78 is 0. The van der Waals surface area contributed by atoms with Gasteiger partial charge in [0.15, 0.2) is 0 Å². The number of hydrogen-bond acceptors (Lipinski definition) is 5. The minimum absolute atomic E-state index is 0.211. The summed E-state index contributed by atoms with van der Waals surface area (Å²) in [5, 5.41) is 43.4. The molecule has 0 heterocycles. The molecule has 0 atom stereocenters. The molecule has 0 saturated carbocycles. The molecule has 72 valence electrons. The van der Waals surface area contributed by atoms with Crippen molar-refractivity contribution in [3.8, 4) is 0 Å². The summed E-state index contributed by atoms with van der Waals surface area (Å²) >= 11 is 0. The Morgan fingerprint density at radius 1 is 1.25 bits per heavy atom. The van der Waals surface area contributed by atoms with E-state index in [1.165, 1.54) is 0 Å². The highest BCUT2D eigenvalue weighted by Crippen LogP contribution is 2.22. The minimum atomic E-state index is -3.52. The first kappa shape index (κ1) is 11.3. The van der Waals surface area contributed by atoms with Crippen LogP contribution in [-0.2, 0) is 4.79 Å². The molecule has 0 spiro atoms. The molecular formula is C6H12O6. The van der Waals surface area contributed by atoms with Gasteiger partial charge in [-0.25, -0.2) is 4.79 Å². The van der Waals surface area contributed by atoms with E-state index in [0.29, 0.717) is 0 Å². The Hall–Kier alpha value is -0.690. The smallest absolute Gasteiger partial charge is 0.370 e. The molecule has 0 rings (SSSR count). The number of carboxylic acids is 1. The van der Waals surface area contributed by atoms with Gasteiger partial charge in [0, 0.05) is 6.42 Å². The van der Waals surface area contributed by atoms with E-state index in [0.717, 1.165) is 0 Å². The van der Waals surface area contributed by atoms with Gasteiger partial charge in [0.2, 0.25) is 5.79 Å². The highest BCUT2D eigenvalue weighted by Gasteiger charge is 2.53. The third-order valence-electron chi connectivity index (χ3n) is 1.46. The molecule has 0 aliphatic heterocycles. The number of rotatable bonds is 4. The van der Waals surface area contributed by atoms with E-state index < -0.39 is 24.0 Å². The minimum Gasteiger partial charge on any atom is -0.477 e. The lowest BCUT2D eigenvalue weighted by atomic mass is 10.0. The van der Waals surface area contributed by atoms with Gasteiger partial charge in [-0.3, -0.25) is 0 Å². The maximum atomic E-state index is 10.1. The van der Waals surface area contributed by atoms with E-state index >= 15 is 0 Å². The summed E-state index contributed by atoms with van der Waals surface area (Å²) in [7, 11) is 0. The quantitative estimate of drug-likeness (QED) is 0.327. The standard InChI is InChI=1S/C6H12O6/c1-2-3-5(9,10)6(11,12)4(7)8/h9-12H,2-3H2,1H3,(H,7,8). The van der Waals surface area contributed by atoms with Crippen molar-refractivity contribution in [3.05, 3.63) is 0 Å². The summed E-state index contributed by atoms with van der Waals surface area (Å²) in [4.78, 5) is 10.1. The number of aliphatic hydroxyl groups is 4. The molecule has 0 radical (unpaired) electrons. The van der Waals surface area contributed by atoms with Crippen molar-refractivity contribution in [2.45, 2.75) is 31.3 Å². The zero-order valence-electron chi connectivity index (χ0n) is 6.56. The molecule has 6 nitrogen and oxygen atoms in total. The Labute approximate surface area is 68.7 Å². The monoisotopic (exact) mass is 180 g/mol. The molecule has 12 heavy (non-hydrogen) atoms. The Kier molecular flexibility index (Phi) is 3.17. The molecule has 0 aromatic heterocycles. The molecule has 0 bridgehead atoms. The predicted molar refractivity (Wildman–Crippen MR) is 36.9 cm³/mol. The fourth-order valence-electron chi connectivity index (χ4n) is 0.694. The van der Waals surface area contributed by atoms with Gasteiger partial charge in [0.25, 0.3) is 0 Å². The first-order valence-corrected chi connectivity index (χ1v) is 3.38. The van der Waals surface area contributed by atoms with Crippen LogP contribution in [0.5, 0.6) is 0 Å². The van der Waals surface area contributed by atoms with E-state index in [9.17, 15) is 4.79 Å². The van der Waals surface area contributed by atoms with Crippen LogP contribution >= 0.6 is 0 Å². The van der Waals surface area contributed by atoms with Crippen LogP contribution in [0.4, 0.5) is 0 Å². The average Bonchev–Trinajstić information content (AvgIpc) is 1.86. The van der Waals surface area contributed by atoms with E-state index in [1.54, 1.807) is 6.92 Å². The normalized spacial score (nSPS) is 13.1. The molecule has 0 aliphatic rings. The number of carboxylic acid groups (broad SMARTS) is 1. The van der Waals surface area contributed by atoms with Crippen molar-refractivity contribution in [2.24, 2.45) is 0 Å². The van der Waals surface area contributed by atoms with Crippen LogP contribution in [-0.4, -0.2) is 43.1 Å². The Bertz CT molecular complexity index is 173. The second-order valence-electron chi connectivity index (χ2n) is 2.54. The largest absolute Gasteiger partial charge is 0.477 e. The molecule has 0 saturated heterocycles. The van der Waals surface area contributed by atoms with Gasteiger partial charge in [-0.1, -0.05) is 13.3 Å².